The summed E-state index contributed by atoms with van der Waals surface area (Å²) in [5.74, 6) is -1.49. The largest absolute Gasteiger partial charge is 0.481 e. The van der Waals surface area contributed by atoms with Gasteiger partial charge in [0, 0.05) is 18.5 Å². The number of hydrogen-bond acceptors (Lipinski definition) is 5. The van der Waals surface area contributed by atoms with E-state index in [-0.39, 0.29) is 13.0 Å². The Hall–Kier alpha value is -2.09. The summed E-state index contributed by atoms with van der Waals surface area (Å²) in [4.78, 5) is 36.4. The number of rotatable bonds is 5. The molecule has 2 N–H and O–H groups in total. The Balaban J connectivity index is 2.87. The van der Waals surface area contributed by atoms with Crippen molar-refractivity contribution in [2.45, 2.75) is 20.3 Å². The summed E-state index contributed by atoms with van der Waals surface area (Å²) in [6.07, 6.45) is -0.143. The number of nitrogens with zero attached hydrogens (tertiary/aromatic N) is 1. The van der Waals surface area contributed by atoms with Crippen LogP contribution in [0.25, 0.3) is 0 Å². The predicted molar refractivity (Wildman–Crippen MR) is 79.0 cm³/mol. The van der Waals surface area contributed by atoms with Crippen molar-refractivity contribution in [3.8, 4) is 0 Å². The van der Waals surface area contributed by atoms with E-state index in [4.69, 9.17) is 9.84 Å². The van der Waals surface area contributed by atoms with Crippen molar-refractivity contribution in [1.82, 2.24) is 4.90 Å². The second kappa shape index (κ2) is 7.07. The molecule has 0 radical (unpaired) electrons. The monoisotopic (exact) mass is 314 g/mol. The fourth-order valence-electron chi connectivity index (χ4n) is 1.62. The maximum atomic E-state index is 12.0. The average Bonchev–Trinajstić information content (AvgIpc) is 2.70. The molecule has 0 spiro atoms. The van der Waals surface area contributed by atoms with Crippen molar-refractivity contribution in [3.05, 3.63) is 16.0 Å². The van der Waals surface area contributed by atoms with Crippen molar-refractivity contribution in [2.24, 2.45) is 0 Å². The van der Waals surface area contributed by atoms with E-state index in [1.165, 1.54) is 30.4 Å². The fourth-order valence-corrected chi connectivity index (χ4v) is 2.66. The third-order valence-electron chi connectivity index (χ3n) is 3.00. The van der Waals surface area contributed by atoms with Gasteiger partial charge in [0.1, 0.15) is 5.00 Å². The number of amides is 2. The van der Waals surface area contributed by atoms with Gasteiger partial charge in [-0.15, -0.1) is 11.3 Å². The second-order valence-corrected chi connectivity index (χ2v) is 5.70. The van der Waals surface area contributed by atoms with E-state index in [1.807, 2.05) is 6.92 Å². The molecule has 0 atom stereocenters. The molecule has 0 aliphatic carbocycles. The van der Waals surface area contributed by atoms with Gasteiger partial charge in [0.2, 0.25) is 0 Å². The van der Waals surface area contributed by atoms with E-state index in [2.05, 4.69) is 5.32 Å². The molecule has 1 aromatic rings. The first kappa shape index (κ1) is 17.0. The highest BCUT2D eigenvalue weighted by Crippen LogP contribution is 2.33. The molecule has 7 nitrogen and oxygen atoms in total. The van der Waals surface area contributed by atoms with E-state index in [1.54, 1.807) is 6.92 Å². The maximum absolute atomic E-state index is 12.0. The lowest BCUT2D eigenvalue weighted by Crippen LogP contribution is -2.33. The number of carboxylic acid groups (broad SMARTS) is 1. The first-order chi connectivity index (χ1) is 9.77. The summed E-state index contributed by atoms with van der Waals surface area (Å²) in [6, 6.07) is -0.470. The Kier molecular flexibility index (Phi) is 5.71. The van der Waals surface area contributed by atoms with Crippen molar-refractivity contribution in [3.63, 3.8) is 0 Å². The number of methoxy groups -OCH3 is 1. The molecule has 116 valence electrons. The zero-order chi connectivity index (χ0) is 16.2. The van der Waals surface area contributed by atoms with Crippen LogP contribution in [-0.4, -0.2) is 48.7 Å². The van der Waals surface area contributed by atoms with Gasteiger partial charge in [-0.1, -0.05) is 0 Å². The highest BCUT2D eigenvalue weighted by molar-refractivity contribution is 7.16. The minimum absolute atomic E-state index is 0.0814. The molecule has 0 saturated carbocycles. The molecule has 2 amide bonds. The summed E-state index contributed by atoms with van der Waals surface area (Å²) >= 11 is 1.28. The van der Waals surface area contributed by atoms with Crippen LogP contribution in [0.4, 0.5) is 9.80 Å². The molecule has 1 aromatic heterocycles. The number of urea groups is 1. The van der Waals surface area contributed by atoms with Crippen molar-refractivity contribution in [1.29, 1.82) is 0 Å². The van der Waals surface area contributed by atoms with Crippen molar-refractivity contribution in [2.75, 3.05) is 26.0 Å². The van der Waals surface area contributed by atoms with Gasteiger partial charge < -0.3 is 14.7 Å². The van der Waals surface area contributed by atoms with Gasteiger partial charge in [0.05, 0.1) is 19.1 Å². The van der Waals surface area contributed by atoms with Gasteiger partial charge in [-0.2, -0.15) is 0 Å². The van der Waals surface area contributed by atoms with Crippen LogP contribution in [0.15, 0.2) is 0 Å². The van der Waals surface area contributed by atoms with Gasteiger partial charge in [-0.05, 0) is 19.4 Å². The molecule has 0 aliphatic heterocycles. The number of esters is 1. The number of hydrogen-bond donors (Lipinski definition) is 2. The van der Waals surface area contributed by atoms with Gasteiger partial charge in [-0.25, -0.2) is 9.59 Å². The van der Waals surface area contributed by atoms with E-state index in [0.717, 1.165) is 10.4 Å². The van der Waals surface area contributed by atoms with E-state index >= 15 is 0 Å². The number of carbonyl (C=O) groups excluding carboxylic acids is 2. The zero-order valence-corrected chi connectivity index (χ0v) is 13.2. The van der Waals surface area contributed by atoms with E-state index in [0.29, 0.717) is 10.6 Å². The first-order valence-corrected chi connectivity index (χ1v) is 7.01. The molecule has 0 aromatic carbocycles. The number of aryl methyl sites for hydroxylation is 1. The minimum Gasteiger partial charge on any atom is -0.481 e. The summed E-state index contributed by atoms with van der Waals surface area (Å²) in [5.41, 5.74) is 1.09. The smallest absolute Gasteiger partial charge is 0.341 e. The number of nitrogens with one attached hydrogen (secondary N) is 1. The Morgan fingerprint density at radius 3 is 2.48 bits per heavy atom. The Morgan fingerprint density at radius 2 is 1.95 bits per heavy atom. The topological polar surface area (TPSA) is 95.9 Å². The summed E-state index contributed by atoms with van der Waals surface area (Å²) in [7, 11) is 2.77. The Labute approximate surface area is 126 Å². The second-order valence-electron chi connectivity index (χ2n) is 4.47. The molecular weight excluding hydrogens is 296 g/mol. The summed E-state index contributed by atoms with van der Waals surface area (Å²) in [5, 5.41) is 11.6. The van der Waals surface area contributed by atoms with Crippen molar-refractivity contribution >= 4 is 34.3 Å². The summed E-state index contributed by atoms with van der Waals surface area (Å²) in [6.45, 7) is 3.70. The molecule has 0 saturated heterocycles. The lowest BCUT2D eigenvalue weighted by molar-refractivity contribution is -0.137. The third-order valence-corrected chi connectivity index (χ3v) is 4.13. The molecule has 0 bridgehead atoms. The summed E-state index contributed by atoms with van der Waals surface area (Å²) < 4.78 is 4.72. The van der Waals surface area contributed by atoms with Crippen LogP contribution in [0.5, 0.6) is 0 Å². The zero-order valence-electron chi connectivity index (χ0n) is 12.3. The number of ether oxygens (including phenoxy) is 1. The highest BCUT2D eigenvalue weighted by Gasteiger charge is 2.22. The molecule has 0 unspecified atom stereocenters. The quantitative estimate of drug-likeness (QED) is 0.811. The van der Waals surface area contributed by atoms with Crippen LogP contribution >= 0.6 is 11.3 Å². The molecule has 0 fully saturated rings. The minimum atomic E-state index is -0.979. The number of aliphatic carboxylic acids is 1. The molecular formula is C13H18N2O5S. The molecule has 0 aliphatic rings. The molecule has 1 rings (SSSR count). The standard InChI is InChI=1S/C13H18N2O5S/c1-7-8(2)21-11(10(7)12(18)20-4)14-13(19)15(3)6-5-9(16)17/h5-6H2,1-4H3,(H,14,19)(H,16,17). The van der Waals surface area contributed by atoms with Gasteiger partial charge in [-0.3, -0.25) is 10.1 Å². The highest BCUT2D eigenvalue weighted by atomic mass is 32.1. The van der Waals surface area contributed by atoms with E-state index in [9.17, 15) is 14.4 Å². The van der Waals surface area contributed by atoms with Crippen LogP contribution in [0, 0.1) is 13.8 Å². The fraction of sp³-hybridized carbons (Fsp3) is 0.462. The SMILES string of the molecule is COC(=O)c1c(NC(=O)N(C)CCC(=O)O)sc(C)c1C. The third kappa shape index (κ3) is 4.19. The van der Waals surface area contributed by atoms with Gasteiger partial charge in [0.15, 0.2) is 0 Å². The van der Waals surface area contributed by atoms with Crippen LogP contribution in [0.2, 0.25) is 0 Å². The average molecular weight is 314 g/mol. The number of carboxylic acids is 1. The number of thiophene rings is 1. The Bertz CT molecular complexity index is 567. The molecule has 1 heterocycles. The van der Waals surface area contributed by atoms with Crippen molar-refractivity contribution < 1.29 is 24.2 Å². The Morgan fingerprint density at radius 1 is 1.33 bits per heavy atom. The number of carbonyl (C=O) groups is 3. The first-order valence-electron chi connectivity index (χ1n) is 6.20. The maximum Gasteiger partial charge on any atom is 0.341 e. The molecule has 21 heavy (non-hydrogen) atoms. The van der Waals surface area contributed by atoms with Crippen LogP contribution in [0.1, 0.15) is 27.2 Å². The van der Waals surface area contributed by atoms with Crippen LogP contribution < -0.4 is 5.32 Å². The van der Waals surface area contributed by atoms with Crippen LogP contribution in [0.3, 0.4) is 0 Å². The normalized spacial score (nSPS) is 10.1. The lowest BCUT2D eigenvalue weighted by atomic mass is 10.1. The van der Waals surface area contributed by atoms with Crippen LogP contribution in [-0.2, 0) is 9.53 Å². The van der Waals surface area contributed by atoms with Gasteiger partial charge in [0.25, 0.3) is 0 Å². The van der Waals surface area contributed by atoms with Gasteiger partial charge >= 0.3 is 18.0 Å². The van der Waals surface area contributed by atoms with E-state index < -0.39 is 18.0 Å². The predicted octanol–water partition coefficient (Wildman–Crippen LogP) is 2.09. The number of anilines is 1. The lowest BCUT2D eigenvalue weighted by Gasteiger charge is -2.16. The molecule has 8 heteroatoms.